The van der Waals surface area contributed by atoms with Crippen molar-refractivity contribution in [2.24, 2.45) is 5.73 Å². The van der Waals surface area contributed by atoms with Crippen molar-refractivity contribution in [2.75, 3.05) is 12.4 Å². The summed E-state index contributed by atoms with van der Waals surface area (Å²) >= 11 is 7.56. The molecule has 0 saturated carbocycles. The van der Waals surface area contributed by atoms with Gasteiger partial charge < -0.3 is 15.2 Å². The summed E-state index contributed by atoms with van der Waals surface area (Å²) < 4.78 is 12.4. The molecule has 0 bridgehead atoms. The Labute approximate surface area is 210 Å². The Hall–Kier alpha value is -1.90. The highest BCUT2D eigenvalue weighted by atomic mass is 35.5. The van der Waals surface area contributed by atoms with Crippen LogP contribution in [-0.4, -0.2) is 45.7 Å². The summed E-state index contributed by atoms with van der Waals surface area (Å²) in [5.41, 5.74) is 9.95. The predicted molar refractivity (Wildman–Crippen MR) is 137 cm³/mol. The van der Waals surface area contributed by atoms with E-state index in [2.05, 4.69) is 0 Å². The molecule has 0 aromatic heterocycles. The number of hydrogen-bond donors (Lipinski definition) is 1. The van der Waals surface area contributed by atoms with Crippen LogP contribution >= 0.6 is 36.4 Å². The Bertz CT molecular complexity index is 989. The van der Waals surface area contributed by atoms with E-state index < -0.39 is 6.04 Å². The lowest BCUT2D eigenvalue weighted by atomic mass is 9.99. The van der Waals surface area contributed by atoms with Gasteiger partial charge in [0.2, 0.25) is 11.0 Å². The van der Waals surface area contributed by atoms with Crippen LogP contribution in [0, 0.1) is 0 Å². The maximum Gasteiger partial charge on any atom is 0.248 e. The average molecular weight is 503 g/mol. The molecule has 2 fully saturated rings. The van der Waals surface area contributed by atoms with Crippen LogP contribution in [0.1, 0.15) is 36.5 Å². The van der Waals surface area contributed by atoms with E-state index >= 15 is 0 Å². The normalized spacial score (nSPS) is 24.2. The first-order valence-electron chi connectivity index (χ1n) is 11.0. The van der Waals surface area contributed by atoms with Gasteiger partial charge in [0.25, 0.3) is 0 Å². The molecule has 5 rings (SSSR count). The zero-order valence-corrected chi connectivity index (χ0v) is 20.5. The van der Waals surface area contributed by atoms with Gasteiger partial charge in [-0.2, -0.15) is 0 Å². The number of thioether (sulfide) groups is 1. The van der Waals surface area contributed by atoms with Gasteiger partial charge in [0, 0.05) is 12.4 Å². The minimum atomic E-state index is -0.485. The molecule has 2 N–H and O–H groups in total. The SMILES string of the molecule is Cl.NC1C(=O)N2C(C(=S)OC(c3ccccc3)c3ccccc3)=C(CC3CCCO3)CS[C@H]12. The molecular formula is C25H27ClN2O3S2. The molecule has 0 aliphatic carbocycles. The highest BCUT2D eigenvalue weighted by Gasteiger charge is 2.51. The van der Waals surface area contributed by atoms with Gasteiger partial charge in [-0.1, -0.05) is 60.7 Å². The third kappa shape index (κ3) is 4.84. The molecule has 2 unspecified atom stereocenters. The van der Waals surface area contributed by atoms with E-state index in [1.807, 2.05) is 60.7 Å². The number of nitrogens with zero attached hydrogens (tertiary/aromatic N) is 1. The van der Waals surface area contributed by atoms with Crippen molar-refractivity contribution in [1.82, 2.24) is 4.90 Å². The monoisotopic (exact) mass is 502 g/mol. The van der Waals surface area contributed by atoms with Gasteiger partial charge in [-0.05, 0) is 48.2 Å². The number of ether oxygens (including phenoxy) is 2. The minimum Gasteiger partial charge on any atom is -0.469 e. The van der Waals surface area contributed by atoms with Gasteiger partial charge in [-0.25, -0.2) is 0 Å². The van der Waals surface area contributed by atoms with E-state index in [-0.39, 0.29) is 35.9 Å². The Balaban J connectivity index is 0.00000259. The number of rotatable bonds is 6. The Morgan fingerprint density at radius 3 is 2.36 bits per heavy atom. The number of fused-ring (bicyclic) bond motifs is 1. The third-order valence-corrected chi connectivity index (χ3v) is 7.86. The van der Waals surface area contributed by atoms with Crippen molar-refractivity contribution in [1.29, 1.82) is 0 Å². The summed E-state index contributed by atoms with van der Waals surface area (Å²) in [6.45, 7) is 0.793. The van der Waals surface area contributed by atoms with Crippen LogP contribution in [0.15, 0.2) is 71.9 Å². The van der Waals surface area contributed by atoms with Crippen LogP contribution in [0.25, 0.3) is 0 Å². The van der Waals surface area contributed by atoms with E-state index in [0.29, 0.717) is 5.05 Å². The van der Waals surface area contributed by atoms with E-state index in [0.717, 1.165) is 54.0 Å². The third-order valence-electron chi connectivity index (χ3n) is 6.21. The van der Waals surface area contributed by atoms with Crippen molar-refractivity contribution in [2.45, 2.75) is 42.9 Å². The van der Waals surface area contributed by atoms with Gasteiger partial charge in [0.15, 0.2) is 0 Å². The standard InChI is InChI=1S/C25H26N2O3S2.ClH/c26-20-23(28)27-21(18(15-32-24(20)27)14-19-12-7-13-29-19)25(31)30-22(16-8-3-1-4-9-16)17-10-5-2-6-11-17;/h1-6,8-11,19-20,22,24H,7,12-15,26H2;1H/t19?,20?,24-;/m1./s1. The highest BCUT2D eigenvalue weighted by Crippen LogP contribution is 2.42. The summed E-state index contributed by atoms with van der Waals surface area (Å²) in [5, 5.41) is 0.264. The number of carbonyl (C=O) groups is 1. The van der Waals surface area contributed by atoms with Crippen LogP contribution in [-0.2, 0) is 14.3 Å². The molecule has 3 aliphatic heterocycles. The zero-order valence-electron chi connectivity index (χ0n) is 18.1. The van der Waals surface area contributed by atoms with E-state index in [1.165, 1.54) is 0 Å². The first-order chi connectivity index (χ1) is 15.6. The maximum absolute atomic E-state index is 12.7. The van der Waals surface area contributed by atoms with E-state index in [9.17, 15) is 4.79 Å². The second-order valence-electron chi connectivity index (χ2n) is 8.33. The van der Waals surface area contributed by atoms with Crippen LogP contribution in [0.5, 0.6) is 0 Å². The maximum atomic E-state index is 12.7. The number of nitrogens with two attached hydrogens (primary N) is 1. The molecule has 5 nitrogen and oxygen atoms in total. The lowest BCUT2D eigenvalue weighted by Gasteiger charge is -2.49. The Kier molecular flexibility index (Phi) is 7.76. The summed E-state index contributed by atoms with van der Waals surface area (Å²) in [7, 11) is 0. The smallest absolute Gasteiger partial charge is 0.248 e. The van der Waals surface area contributed by atoms with E-state index in [4.69, 9.17) is 27.4 Å². The van der Waals surface area contributed by atoms with Gasteiger partial charge in [-0.15, -0.1) is 24.2 Å². The molecule has 174 valence electrons. The van der Waals surface area contributed by atoms with Gasteiger partial charge >= 0.3 is 0 Å². The molecule has 3 aliphatic rings. The molecule has 3 atom stereocenters. The number of hydrogen-bond acceptors (Lipinski definition) is 6. The van der Waals surface area contributed by atoms with Gasteiger partial charge in [0.1, 0.15) is 17.5 Å². The second-order valence-corrected chi connectivity index (χ2v) is 9.81. The summed E-state index contributed by atoms with van der Waals surface area (Å²) in [4.78, 5) is 14.5. The molecule has 1 amide bonds. The second kappa shape index (κ2) is 10.6. The number of benzene rings is 2. The number of amides is 1. The van der Waals surface area contributed by atoms with Crippen LogP contribution in [0.2, 0.25) is 0 Å². The molecule has 0 radical (unpaired) electrons. The largest absolute Gasteiger partial charge is 0.469 e. The Morgan fingerprint density at radius 1 is 1.15 bits per heavy atom. The number of β-lactam (4-membered cyclic amide) rings is 1. The first-order valence-corrected chi connectivity index (χ1v) is 12.4. The fraction of sp³-hybridized carbons (Fsp3) is 0.360. The summed E-state index contributed by atoms with van der Waals surface area (Å²) in [6.07, 6.45) is 2.67. The Morgan fingerprint density at radius 2 is 1.79 bits per heavy atom. The van der Waals surface area contributed by atoms with Crippen LogP contribution < -0.4 is 5.73 Å². The fourth-order valence-electron chi connectivity index (χ4n) is 4.55. The van der Waals surface area contributed by atoms with E-state index in [1.54, 1.807) is 16.7 Å². The summed E-state index contributed by atoms with van der Waals surface area (Å²) in [5.74, 6) is 0.686. The van der Waals surface area contributed by atoms with Crippen molar-refractivity contribution >= 4 is 47.3 Å². The molecule has 33 heavy (non-hydrogen) atoms. The average Bonchev–Trinajstić information content (AvgIpc) is 3.36. The lowest BCUT2D eigenvalue weighted by Crippen LogP contribution is -2.68. The lowest BCUT2D eigenvalue weighted by molar-refractivity contribution is -0.141. The van der Waals surface area contributed by atoms with Gasteiger partial charge in [0.05, 0.1) is 11.8 Å². The fourth-order valence-corrected chi connectivity index (χ4v) is 6.20. The van der Waals surface area contributed by atoms with Crippen molar-refractivity contribution in [3.8, 4) is 0 Å². The molecule has 3 heterocycles. The van der Waals surface area contributed by atoms with Crippen molar-refractivity contribution in [3.05, 3.63) is 83.1 Å². The summed E-state index contributed by atoms with van der Waals surface area (Å²) in [6, 6.07) is 19.6. The minimum absolute atomic E-state index is 0. The molecule has 2 aromatic rings. The topological polar surface area (TPSA) is 64.8 Å². The number of carbonyl (C=O) groups excluding carboxylic acids is 1. The van der Waals surface area contributed by atoms with Crippen molar-refractivity contribution in [3.63, 3.8) is 0 Å². The molecule has 2 aromatic carbocycles. The quantitative estimate of drug-likeness (QED) is 0.460. The molecule has 8 heteroatoms. The molecular weight excluding hydrogens is 476 g/mol. The number of halogens is 1. The number of thiocarbonyl (C=S) groups is 1. The predicted octanol–water partition coefficient (Wildman–Crippen LogP) is 4.61. The van der Waals surface area contributed by atoms with Gasteiger partial charge in [-0.3, -0.25) is 9.69 Å². The molecule has 0 spiro atoms. The van der Waals surface area contributed by atoms with Crippen LogP contribution in [0.3, 0.4) is 0 Å². The highest BCUT2D eigenvalue weighted by molar-refractivity contribution is 8.00. The first kappa shape index (κ1) is 24.2. The van der Waals surface area contributed by atoms with Crippen molar-refractivity contribution < 1.29 is 14.3 Å². The molecule has 2 saturated heterocycles. The zero-order chi connectivity index (χ0) is 22.1. The van der Waals surface area contributed by atoms with Crippen LogP contribution in [0.4, 0.5) is 0 Å².